The van der Waals surface area contributed by atoms with E-state index in [1.165, 1.54) is 12.0 Å². The molecule has 2 nitrogen and oxygen atoms in total. The number of thioether (sulfide) groups is 1. The highest BCUT2D eigenvalue weighted by molar-refractivity contribution is 7.99. The third-order valence-corrected chi connectivity index (χ3v) is 3.87. The van der Waals surface area contributed by atoms with Crippen LogP contribution in [0.25, 0.3) is 0 Å². The van der Waals surface area contributed by atoms with E-state index in [1.807, 2.05) is 18.2 Å². The van der Waals surface area contributed by atoms with Crippen molar-refractivity contribution in [2.24, 2.45) is 0 Å². The Hall–Kier alpha value is -0.670. The Kier molecular flexibility index (Phi) is 6.45. The largest absolute Gasteiger partial charge is 0.469 e. The molecule has 4 heteroatoms. The minimum Gasteiger partial charge on any atom is -0.469 e. The van der Waals surface area contributed by atoms with Gasteiger partial charge in [0, 0.05) is 16.3 Å². The molecule has 0 aliphatic rings. The molecule has 0 radical (unpaired) electrons. The number of halogens is 1. The van der Waals surface area contributed by atoms with Gasteiger partial charge in [0.15, 0.2) is 0 Å². The Morgan fingerprint density at radius 1 is 1.47 bits per heavy atom. The van der Waals surface area contributed by atoms with Gasteiger partial charge in [-0.1, -0.05) is 18.5 Å². The predicted octanol–water partition coefficient (Wildman–Crippen LogP) is 3.95. The zero-order valence-electron chi connectivity index (χ0n) is 10.2. The van der Waals surface area contributed by atoms with Gasteiger partial charge in [-0.3, -0.25) is 4.79 Å². The van der Waals surface area contributed by atoms with E-state index >= 15 is 0 Å². The number of ether oxygens (including phenoxy) is 1. The summed E-state index contributed by atoms with van der Waals surface area (Å²) in [6.07, 6.45) is 2.21. The molecule has 17 heavy (non-hydrogen) atoms. The van der Waals surface area contributed by atoms with E-state index < -0.39 is 0 Å². The standard InChI is InChI=1S/C13H17ClO2S/c1-3-8-17-12-6-5-11(14)9-10(12)4-7-13(15)16-2/h5-6,9H,3-4,7-8H2,1-2H3. The molecule has 0 spiro atoms. The van der Waals surface area contributed by atoms with Crippen molar-refractivity contribution >= 4 is 29.3 Å². The van der Waals surface area contributed by atoms with Crippen molar-refractivity contribution < 1.29 is 9.53 Å². The van der Waals surface area contributed by atoms with Crippen LogP contribution in [0.4, 0.5) is 0 Å². The number of aryl methyl sites for hydroxylation is 1. The summed E-state index contributed by atoms with van der Waals surface area (Å²) in [5.41, 5.74) is 1.13. The van der Waals surface area contributed by atoms with Crippen LogP contribution >= 0.6 is 23.4 Å². The Bertz CT molecular complexity index is 380. The fraction of sp³-hybridized carbons (Fsp3) is 0.462. The van der Waals surface area contributed by atoms with Gasteiger partial charge in [-0.2, -0.15) is 0 Å². The van der Waals surface area contributed by atoms with Crippen LogP contribution in [-0.2, 0) is 16.0 Å². The molecule has 0 heterocycles. The highest BCUT2D eigenvalue weighted by Gasteiger charge is 2.07. The molecule has 1 rings (SSSR count). The highest BCUT2D eigenvalue weighted by atomic mass is 35.5. The quantitative estimate of drug-likeness (QED) is 0.579. The lowest BCUT2D eigenvalue weighted by atomic mass is 10.1. The van der Waals surface area contributed by atoms with E-state index in [4.69, 9.17) is 11.6 Å². The lowest BCUT2D eigenvalue weighted by molar-refractivity contribution is -0.140. The van der Waals surface area contributed by atoms with Gasteiger partial charge in [-0.15, -0.1) is 11.8 Å². The van der Waals surface area contributed by atoms with E-state index in [-0.39, 0.29) is 5.97 Å². The number of hydrogen-bond donors (Lipinski definition) is 0. The summed E-state index contributed by atoms with van der Waals surface area (Å²) in [5, 5.41) is 0.714. The Morgan fingerprint density at radius 3 is 2.88 bits per heavy atom. The molecular weight excluding hydrogens is 256 g/mol. The second kappa shape index (κ2) is 7.62. The van der Waals surface area contributed by atoms with Crippen molar-refractivity contribution in [2.45, 2.75) is 31.1 Å². The fourth-order valence-electron chi connectivity index (χ4n) is 1.44. The van der Waals surface area contributed by atoms with Crippen LogP contribution in [0.5, 0.6) is 0 Å². The number of methoxy groups -OCH3 is 1. The molecule has 0 atom stereocenters. The molecule has 0 saturated heterocycles. The summed E-state index contributed by atoms with van der Waals surface area (Å²) in [6, 6.07) is 5.85. The van der Waals surface area contributed by atoms with E-state index in [9.17, 15) is 4.79 Å². The molecule has 1 aromatic carbocycles. The molecule has 94 valence electrons. The zero-order chi connectivity index (χ0) is 12.7. The fourth-order valence-corrected chi connectivity index (χ4v) is 2.56. The van der Waals surface area contributed by atoms with E-state index in [0.717, 1.165) is 17.7 Å². The third kappa shape index (κ3) is 5.00. The van der Waals surface area contributed by atoms with Crippen molar-refractivity contribution in [1.82, 2.24) is 0 Å². The minimum atomic E-state index is -0.184. The molecule has 0 N–H and O–H groups in total. The van der Waals surface area contributed by atoms with Crippen LogP contribution in [0.1, 0.15) is 25.3 Å². The van der Waals surface area contributed by atoms with Crippen molar-refractivity contribution in [3.05, 3.63) is 28.8 Å². The average molecular weight is 273 g/mol. The smallest absolute Gasteiger partial charge is 0.305 e. The van der Waals surface area contributed by atoms with Crippen LogP contribution < -0.4 is 0 Å². The molecule has 1 aromatic rings. The molecule has 0 aliphatic heterocycles. The molecule has 0 saturated carbocycles. The van der Waals surface area contributed by atoms with E-state index in [0.29, 0.717) is 17.9 Å². The maximum atomic E-state index is 11.1. The summed E-state index contributed by atoms with van der Waals surface area (Å²) in [7, 11) is 1.41. The molecule has 0 unspecified atom stereocenters. The number of esters is 1. The van der Waals surface area contributed by atoms with Gasteiger partial charge >= 0.3 is 5.97 Å². The number of carbonyl (C=O) groups is 1. The van der Waals surface area contributed by atoms with Crippen molar-refractivity contribution in [3.63, 3.8) is 0 Å². The normalized spacial score (nSPS) is 10.3. The molecule has 0 bridgehead atoms. The van der Waals surface area contributed by atoms with Gasteiger partial charge in [-0.05, 0) is 42.4 Å². The monoisotopic (exact) mass is 272 g/mol. The topological polar surface area (TPSA) is 26.3 Å². The molecular formula is C13H17ClO2S. The minimum absolute atomic E-state index is 0.184. The first kappa shape index (κ1) is 14.4. The first-order valence-corrected chi connectivity index (χ1v) is 7.01. The lowest BCUT2D eigenvalue weighted by Gasteiger charge is -2.08. The van der Waals surface area contributed by atoms with Gasteiger partial charge in [0.25, 0.3) is 0 Å². The summed E-state index contributed by atoms with van der Waals surface area (Å²) >= 11 is 7.78. The van der Waals surface area contributed by atoms with Crippen LogP contribution in [0.3, 0.4) is 0 Å². The van der Waals surface area contributed by atoms with Crippen LogP contribution in [-0.4, -0.2) is 18.8 Å². The van der Waals surface area contributed by atoms with Crippen molar-refractivity contribution in [3.8, 4) is 0 Å². The second-order valence-electron chi connectivity index (χ2n) is 3.68. The first-order chi connectivity index (χ1) is 8.17. The molecule has 0 fully saturated rings. The summed E-state index contributed by atoms with van der Waals surface area (Å²) in [5.74, 6) is 0.892. The zero-order valence-corrected chi connectivity index (χ0v) is 11.7. The number of hydrogen-bond acceptors (Lipinski definition) is 3. The first-order valence-electron chi connectivity index (χ1n) is 5.65. The third-order valence-electron chi connectivity index (χ3n) is 2.31. The van der Waals surface area contributed by atoms with Crippen molar-refractivity contribution in [2.75, 3.05) is 12.9 Å². The summed E-state index contributed by atoms with van der Waals surface area (Å²) < 4.78 is 4.64. The maximum Gasteiger partial charge on any atom is 0.305 e. The van der Waals surface area contributed by atoms with Gasteiger partial charge in [-0.25, -0.2) is 0 Å². The maximum absolute atomic E-state index is 11.1. The Balaban J connectivity index is 2.72. The van der Waals surface area contributed by atoms with Gasteiger partial charge in [0.2, 0.25) is 0 Å². The van der Waals surface area contributed by atoms with Crippen LogP contribution in [0.15, 0.2) is 23.1 Å². The van der Waals surface area contributed by atoms with Gasteiger partial charge in [0.05, 0.1) is 7.11 Å². The second-order valence-corrected chi connectivity index (χ2v) is 5.25. The average Bonchev–Trinajstić information content (AvgIpc) is 2.34. The van der Waals surface area contributed by atoms with Gasteiger partial charge < -0.3 is 4.74 Å². The van der Waals surface area contributed by atoms with Crippen LogP contribution in [0, 0.1) is 0 Å². The lowest BCUT2D eigenvalue weighted by Crippen LogP contribution is -2.02. The van der Waals surface area contributed by atoms with Crippen molar-refractivity contribution in [1.29, 1.82) is 0 Å². The van der Waals surface area contributed by atoms with Gasteiger partial charge in [0.1, 0.15) is 0 Å². The Labute approximate surface area is 112 Å². The molecule has 0 amide bonds. The molecule has 0 aliphatic carbocycles. The Morgan fingerprint density at radius 2 is 2.24 bits per heavy atom. The number of benzene rings is 1. The summed E-state index contributed by atoms with van der Waals surface area (Å²) in [4.78, 5) is 12.3. The number of carbonyl (C=O) groups excluding carboxylic acids is 1. The highest BCUT2D eigenvalue weighted by Crippen LogP contribution is 2.27. The number of rotatable bonds is 6. The predicted molar refractivity (Wildman–Crippen MR) is 72.8 cm³/mol. The molecule has 0 aromatic heterocycles. The van der Waals surface area contributed by atoms with E-state index in [2.05, 4.69) is 11.7 Å². The van der Waals surface area contributed by atoms with E-state index in [1.54, 1.807) is 11.8 Å². The van der Waals surface area contributed by atoms with Crippen LogP contribution in [0.2, 0.25) is 5.02 Å². The SMILES string of the molecule is CCCSc1ccc(Cl)cc1CCC(=O)OC. The summed E-state index contributed by atoms with van der Waals surface area (Å²) in [6.45, 7) is 2.15.